The van der Waals surface area contributed by atoms with Crippen LogP contribution < -0.4 is 5.32 Å². The molecular weight excluding hydrogens is 427 g/mol. The van der Waals surface area contributed by atoms with Gasteiger partial charge in [0, 0.05) is 33.7 Å². The Morgan fingerprint density at radius 1 is 1.30 bits per heavy atom. The van der Waals surface area contributed by atoms with Gasteiger partial charge in [0.15, 0.2) is 0 Å². The predicted octanol–water partition coefficient (Wildman–Crippen LogP) is 5.37. The van der Waals surface area contributed by atoms with Crippen LogP contribution in [0, 0.1) is 11.6 Å². The summed E-state index contributed by atoms with van der Waals surface area (Å²) in [6, 6.07) is 5.49. The molecule has 0 fully saturated rings. The Balaban J connectivity index is 1.81. The van der Waals surface area contributed by atoms with Gasteiger partial charge in [-0.05, 0) is 43.2 Å². The number of nitrogens with one attached hydrogen (secondary N) is 1. The van der Waals surface area contributed by atoms with Crippen LogP contribution in [0.4, 0.5) is 18.9 Å². The van der Waals surface area contributed by atoms with Gasteiger partial charge in [0.1, 0.15) is 28.8 Å². The fourth-order valence-electron chi connectivity index (χ4n) is 3.74. The first kappa shape index (κ1) is 24.3. The van der Waals surface area contributed by atoms with Gasteiger partial charge in [-0.3, -0.25) is 14.6 Å². The van der Waals surface area contributed by atoms with E-state index < -0.39 is 17.5 Å². The van der Waals surface area contributed by atoms with E-state index in [-0.39, 0.29) is 11.4 Å². The molecule has 5 nitrogen and oxygen atoms in total. The van der Waals surface area contributed by atoms with Gasteiger partial charge in [-0.15, -0.1) is 0 Å². The van der Waals surface area contributed by atoms with E-state index in [0.717, 1.165) is 24.2 Å². The van der Waals surface area contributed by atoms with E-state index in [1.54, 1.807) is 18.8 Å². The van der Waals surface area contributed by atoms with Crippen molar-refractivity contribution < 1.29 is 13.2 Å². The molecule has 3 rings (SSSR count). The number of allylic oxidation sites excluding steroid dienone is 2. The van der Waals surface area contributed by atoms with Crippen molar-refractivity contribution in [2.45, 2.75) is 13.3 Å². The minimum absolute atomic E-state index is 0.269. The Hall–Kier alpha value is -3.39. The van der Waals surface area contributed by atoms with Crippen LogP contribution in [0.25, 0.3) is 11.3 Å². The molecule has 0 saturated carbocycles. The van der Waals surface area contributed by atoms with E-state index in [4.69, 9.17) is 0 Å². The maximum Gasteiger partial charge on any atom is 0.149 e. The summed E-state index contributed by atoms with van der Waals surface area (Å²) >= 11 is 0. The zero-order valence-electron chi connectivity index (χ0n) is 19.1. The highest BCUT2D eigenvalue weighted by Gasteiger charge is 2.23. The summed E-state index contributed by atoms with van der Waals surface area (Å²) in [5.41, 5.74) is 3.99. The van der Waals surface area contributed by atoms with Gasteiger partial charge >= 0.3 is 0 Å². The van der Waals surface area contributed by atoms with Gasteiger partial charge in [-0.1, -0.05) is 30.9 Å². The van der Waals surface area contributed by atoms with Crippen molar-refractivity contribution in [3.8, 4) is 0 Å². The zero-order valence-corrected chi connectivity index (χ0v) is 19.1. The summed E-state index contributed by atoms with van der Waals surface area (Å²) in [4.78, 5) is 6.21. The number of halogens is 3. The minimum atomic E-state index is -0.708. The summed E-state index contributed by atoms with van der Waals surface area (Å²) in [7, 11) is 3.38. The third-order valence-corrected chi connectivity index (χ3v) is 5.62. The second kappa shape index (κ2) is 10.5. The number of aryl methyl sites for hydroxylation is 1. The molecule has 0 amide bonds. The van der Waals surface area contributed by atoms with Crippen LogP contribution in [0.5, 0.6) is 0 Å². The number of nitrogens with zero attached hydrogens (tertiary/aromatic N) is 4. The molecular formula is C25H28F3N5. The van der Waals surface area contributed by atoms with Gasteiger partial charge in [0.05, 0.1) is 17.1 Å². The Bertz CT molecular complexity index is 1140. The number of hydrogen-bond acceptors (Lipinski definition) is 4. The molecule has 33 heavy (non-hydrogen) atoms. The predicted molar refractivity (Wildman–Crippen MR) is 129 cm³/mol. The van der Waals surface area contributed by atoms with Crippen LogP contribution in [0.15, 0.2) is 66.0 Å². The van der Waals surface area contributed by atoms with Crippen LogP contribution >= 0.6 is 0 Å². The number of aromatic nitrogens is 2. The van der Waals surface area contributed by atoms with Crippen LogP contribution in [0.3, 0.4) is 0 Å². The lowest BCUT2D eigenvalue weighted by atomic mass is 9.98. The van der Waals surface area contributed by atoms with Crippen molar-refractivity contribution in [3.63, 3.8) is 0 Å². The SMILES string of the molecule is C=C/C=C(/F)C(CN1CCC(C)=C(c2cc(C(=C)Nc3c(F)cccc3F)nn2C)C1)=NC. The smallest absolute Gasteiger partial charge is 0.149 e. The molecule has 1 aromatic heterocycles. The Kier molecular flexibility index (Phi) is 7.71. The molecule has 1 N–H and O–H groups in total. The highest BCUT2D eigenvalue weighted by Crippen LogP contribution is 2.29. The van der Waals surface area contributed by atoms with Gasteiger partial charge in [0.2, 0.25) is 0 Å². The Labute approximate surface area is 192 Å². The molecule has 174 valence electrons. The highest BCUT2D eigenvalue weighted by molar-refractivity contribution is 6.00. The van der Waals surface area contributed by atoms with Crippen LogP contribution in [-0.4, -0.2) is 47.1 Å². The lowest BCUT2D eigenvalue weighted by Gasteiger charge is -2.30. The van der Waals surface area contributed by atoms with Crippen molar-refractivity contribution in [3.05, 3.63) is 84.0 Å². The molecule has 0 unspecified atom stereocenters. The van der Waals surface area contributed by atoms with Crippen LogP contribution in [0.2, 0.25) is 0 Å². The standard InChI is InChI=1S/C25H28F3N5/c1-6-8-19(26)23(29-4)15-33-12-11-16(2)18(14-33)24-13-22(31-32(24)5)17(3)30-25-20(27)9-7-10-21(25)28/h6-10,13,30H,1,3,11-12,14-15H2,2,4-5H3/b19-8+,29-23?. The molecule has 2 aromatic rings. The van der Waals surface area contributed by atoms with Crippen molar-refractivity contribution >= 4 is 22.7 Å². The average molecular weight is 456 g/mol. The molecule has 0 spiro atoms. The van der Waals surface area contributed by atoms with Crippen LogP contribution in [0.1, 0.15) is 24.7 Å². The molecule has 0 atom stereocenters. The number of anilines is 1. The third-order valence-electron chi connectivity index (χ3n) is 5.62. The van der Waals surface area contributed by atoms with E-state index in [1.165, 1.54) is 35.9 Å². The van der Waals surface area contributed by atoms with Crippen molar-refractivity contribution in [2.24, 2.45) is 12.0 Å². The third kappa shape index (κ3) is 5.51. The maximum absolute atomic E-state index is 14.2. The normalized spacial score (nSPS) is 15.7. The van der Waals surface area contributed by atoms with E-state index in [9.17, 15) is 13.2 Å². The van der Waals surface area contributed by atoms with Crippen LogP contribution in [-0.2, 0) is 7.05 Å². The Morgan fingerprint density at radius 2 is 2.00 bits per heavy atom. The van der Waals surface area contributed by atoms with Gasteiger partial charge < -0.3 is 5.32 Å². The maximum atomic E-state index is 14.2. The molecule has 0 bridgehead atoms. The number of aliphatic imine (C=N–C) groups is 1. The van der Waals surface area contributed by atoms with Gasteiger partial charge in [0.25, 0.3) is 0 Å². The van der Waals surface area contributed by atoms with Crippen molar-refractivity contribution in [1.29, 1.82) is 0 Å². The number of para-hydroxylation sites is 1. The lowest BCUT2D eigenvalue weighted by Crippen LogP contribution is -2.36. The first-order valence-electron chi connectivity index (χ1n) is 10.5. The Morgan fingerprint density at radius 3 is 2.64 bits per heavy atom. The zero-order chi connectivity index (χ0) is 24.1. The van der Waals surface area contributed by atoms with Crippen molar-refractivity contribution in [2.75, 3.05) is 32.0 Å². The molecule has 0 radical (unpaired) electrons. The van der Waals surface area contributed by atoms with Gasteiger partial charge in [-0.25, -0.2) is 13.2 Å². The summed E-state index contributed by atoms with van der Waals surface area (Å²) in [6.45, 7) is 11.2. The highest BCUT2D eigenvalue weighted by atomic mass is 19.1. The fraction of sp³-hybridized carbons (Fsp3) is 0.280. The summed E-state index contributed by atoms with van der Waals surface area (Å²) < 4.78 is 44.0. The molecule has 0 aliphatic carbocycles. The fourth-order valence-corrected chi connectivity index (χ4v) is 3.74. The topological polar surface area (TPSA) is 45.5 Å². The first-order valence-corrected chi connectivity index (χ1v) is 10.5. The molecule has 1 aromatic carbocycles. The van der Waals surface area contributed by atoms with E-state index >= 15 is 0 Å². The summed E-state index contributed by atoms with van der Waals surface area (Å²) in [6.07, 6.45) is 3.52. The van der Waals surface area contributed by atoms with E-state index in [1.807, 2.05) is 6.07 Å². The second-order valence-corrected chi connectivity index (χ2v) is 7.88. The number of benzene rings is 1. The monoisotopic (exact) mass is 455 g/mol. The molecule has 1 aliphatic heterocycles. The minimum Gasteiger partial charge on any atom is -0.349 e. The van der Waals surface area contributed by atoms with Gasteiger partial charge in [-0.2, -0.15) is 5.10 Å². The largest absolute Gasteiger partial charge is 0.349 e. The molecule has 8 heteroatoms. The second-order valence-electron chi connectivity index (χ2n) is 7.88. The summed E-state index contributed by atoms with van der Waals surface area (Å²) in [5.74, 6) is -1.81. The lowest BCUT2D eigenvalue weighted by molar-refractivity contribution is 0.339. The molecule has 1 aliphatic rings. The molecule has 2 heterocycles. The van der Waals surface area contributed by atoms with E-state index in [0.29, 0.717) is 24.5 Å². The summed E-state index contributed by atoms with van der Waals surface area (Å²) in [5, 5.41) is 7.18. The average Bonchev–Trinajstić information content (AvgIpc) is 3.17. The first-order chi connectivity index (χ1) is 15.7. The number of rotatable bonds is 8. The molecule has 0 saturated heterocycles. The van der Waals surface area contributed by atoms with E-state index in [2.05, 4.69) is 40.4 Å². The van der Waals surface area contributed by atoms with Crippen molar-refractivity contribution in [1.82, 2.24) is 14.7 Å². The number of hydrogen-bond donors (Lipinski definition) is 1. The quantitative estimate of drug-likeness (QED) is 0.430.